The van der Waals surface area contributed by atoms with Crippen LogP contribution in [0.2, 0.25) is 0 Å². The highest BCUT2D eigenvalue weighted by Crippen LogP contribution is 2.53. The van der Waals surface area contributed by atoms with Gasteiger partial charge in [-0.05, 0) is 44.7 Å². The Morgan fingerprint density at radius 1 is 1.25 bits per heavy atom. The third-order valence-electron chi connectivity index (χ3n) is 0.487. The topological polar surface area (TPSA) is 40.9 Å². The van der Waals surface area contributed by atoms with E-state index in [2.05, 4.69) is 11.5 Å². The number of nitrogens with one attached hydrogen (secondary N) is 1. The van der Waals surface area contributed by atoms with Gasteiger partial charge < -0.3 is 8.99 Å². The van der Waals surface area contributed by atoms with Gasteiger partial charge in [-0.1, -0.05) is 27.7 Å². The van der Waals surface area contributed by atoms with E-state index >= 15 is 0 Å². The Kier molecular flexibility index (Phi) is 14.7. The number of hydrogen-bond donors (Lipinski definition) is 1. The first kappa shape index (κ1) is 13.8. The highest BCUT2D eigenvalue weighted by Gasteiger charge is 1.94. The molecule has 1 heterocycles. The van der Waals surface area contributed by atoms with E-state index < -0.39 is 11.5 Å². The van der Waals surface area contributed by atoms with Crippen molar-refractivity contribution in [1.82, 2.24) is 0 Å². The summed E-state index contributed by atoms with van der Waals surface area (Å²) in [5, 5.41) is 2.15. The zero-order valence-electron chi connectivity index (χ0n) is 5.67. The second-order valence-corrected chi connectivity index (χ2v) is 10.7. The van der Waals surface area contributed by atoms with Crippen LogP contribution in [0.3, 0.4) is 0 Å². The van der Waals surface area contributed by atoms with Crippen molar-refractivity contribution in [2.45, 2.75) is 0 Å². The van der Waals surface area contributed by atoms with E-state index in [1.54, 1.807) is 10.8 Å². The summed E-state index contributed by atoms with van der Waals surface area (Å²) >= 11 is -0.583. The van der Waals surface area contributed by atoms with Gasteiger partial charge in [0.15, 0.2) is 0 Å². The maximum Gasteiger partial charge on any atom is 0.0234 e. The second-order valence-electron chi connectivity index (χ2n) is 1.12. The molecule has 0 fully saturated rings. The molecule has 0 aromatic carbocycles. The van der Waals surface area contributed by atoms with Crippen molar-refractivity contribution in [3.05, 3.63) is 11.5 Å². The van der Waals surface area contributed by atoms with Crippen LogP contribution >= 0.6 is 60.9 Å². The minimum absolute atomic E-state index is 0.583. The summed E-state index contributed by atoms with van der Waals surface area (Å²) in [5.41, 5.74) is 0. The third kappa shape index (κ3) is 11.8. The van der Waals surface area contributed by atoms with Crippen molar-refractivity contribution in [1.29, 1.82) is 4.78 Å². The van der Waals surface area contributed by atoms with Gasteiger partial charge in [-0.3, -0.25) is 0 Å². The summed E-state index contributed by atoms with van der Waals surface area (Å²) in [6, 6.07) is 0. The first-order valence-electron chi connectivity index (χ1n) is 2.51. The van der Waals surface area contributed by atoms with E-state index in [4.69, 9.17) is 8.99 Å². The minimum atomic E-state index is -0.583. The highest BCUT2D eigenvalue weighted by molar-refractivity contribution is 9.42. The molecule has 0 spiro atoms. The molecule has 0 saturated carbocycles. The van der Waals surface area contributed by atoms with Gasteiger partial charge in [0.1, 0.15) is 0 Å². The Bertz CT molecular complexity index is 145. The second kappa shape index (κ2) is 12.8. The van der Waals surface area contributed by atoms with Crippen LogP contribution in [0.1, 0.15) is 0 Å². The van der Waals surface area contributed by atoms with Gasteiger partial charge >= 0.3 is 0 Å². The smallest absolute Gasteiger partial charge is 0.0234 e. The Morgan fingerprint density at radius 2 is 1.92 bits per heavy atom. The maximum absolute atomic E-state index is 8.57. The van der Waals surface area contributed by atoms with E-state index in [9.17, 15) is 0 Å². The van der Waals surface area contributed by atoms with Crippen molar-refractivity contribution < 1.29 is 4.21 Å². The van der Waals surface area contributed by atoms with Crippen molar-refractivity contribution >= 4 is 72.4 Å². The monoisotopic (exact) mass is 296 g/mol. The lowest BCUT2D eigenvalue weighted by molar-refractivity contribution is 0.608. The molecule has 0 unspecified atom stereocenters. The molecule has 1 aliphatic heterocycles. The van der Waals surface area contributed by atoms with Gasteiger partial charge in [-0.2, -0.15) is 0 Å². The van der Waals surface area contributed by atoms with Gasteiger partial charge in [0, 0.05) is 5.75 Å². The summed E-state index contributed by atoms with van der Waals surface area (Å²) in [6.45, 7) is 0. The van der Waals surface area contributed by atoms with Gasteiger partial charge in [0.2, 0.25) is 0 Å². The Labute approximate surface area is 97.7 Å². The van der Waals surface area contributed by atoms with Gasteiger partial charge in [0.05, 0.1) is 0 Å². The molecule has 0 aliphatic carbocycles. The standard InChI is InChI=1S/C3H4S6.H2NOS/c1-2-4-6-8-9-7-5-3-1;1-3-2/h1-2H,3H2;1,3H/q;-1. The first-order valence-corrected chi connectivity index (χ1v) is 11.0. The first-order chi connectivity index (χ1) is 5.91. The van der Waals surface area contributed by atoms with E-state index in [0.29, 0.717) is 0 Å². The summed E-state index contributed by atoms with van der Waals surface area (Å²) in [5.74, 6) is 1.13. The van der Waals surface area contributed by atoms with E-state index in [1.165, 1.54) is 0 Å². The molecule has 0 bridgehead atoms. The lowest BCUT2D eigenvalue weighted by Crippen LogP contribution is -1.57. The largest absolute Gasteiger partial charge is 0.448 e. The lowest BCUT2D eigenvalue weighted by atomic mass is 10.8. The van der Waals surface area contributed by atoms with Crippen LogP contribution in [0, 0.1) is 4.78 Å². The minimum Gasteiger partial charge on any atom is -0.448 e. The molecule has 12 heavy (non-hydrogen) atoms. The average Bonchev–Trinajstić information content (AvgIpc) is 2.19. The van der Waals surface area contributed by atoms with Gasteiger partial charge in [-0.15, -0.1) is 0 Å². The van der Waals surface area contributed by atoms with Crippen LogP contribution < -0.4 is 0 Å². The molecule has 0 aromatic heterocycles. The summed E-state index contributed by atoms with van der Waals surface area (Å²) < 4.78 is 14.2. The molecule has 0 saturated heterocycles. The third-order valence-corrected chi connectivity index (χ3v) is 10.8. The molecular weight excluding hydrogens is 291 g/mol. The van der Waals surface area contributed by atoms with Crippen molar-refractivity contribution in [2.24, 2.45) is 0 Å². The van der Waals surface area contributed by atoms with Crippen molar-refractivity contribution in [3.8, 4) is 0 Å². The Hall–Kier alpha value is 1.79. The van der Waals surface area contributed by atoms with Crippen LogP contribution in [0.15, 0.2) is 11.5 Å². The molecular formula is C3H6NOS7-. The van der Waals surface area contributed by atoms with Crippen molar-refractivity contribution in [2.75, 3.05) is 5.75 Å². The zero-order valence-corrected chi connectivity index (χ0v) is 11.5. The Morgan fingerprint density at radius 3 is 2.67 bits per heavy atom. The van der Waals surface area contributed by atoms with Gasteiger partial charge in [0.25, 0.3) is 0 Å². The fourth-order valence-electron chi connectivity index (χ4n) is 0.227. The SMILES string of the molecule is C1=CSSSSSSC1.N=[SH-]=O. The predicted octanol–water partition coefficient (Wildman–Crippen LogP) is 4.40. The molecule has 2 nitrogen and oxygen atoms in total. The van der Waals surface area contributed by atoms with Gasteiger partial charge in [-0.25, -0.2) is 11.5 Å². The van der Waals surface area contributed by atoms with Crippen LogP contribution in [0.5, 0.6) is 0 Å². The molecule has 0 atom stereocenters. The predicted molar refractivity (Wildman–Crippen MR) is 71.7 cm³/mol. The van der Waals surface area contributed by atoms with Crippen LogP contribution in [-0.4, -0.2) is 5.75 Å². The van der Waals surface area contributed by atoms with Crippen LogP contribution in [0.25, 0.3) is 0 Å². The number of thiol groups is 1. The summed E-state index contributed by atoms with van der Waals surface area (Å²) in [4.78, 5) is 0. The molecule has 0 amide bonds. The number of rotatable bonds is 0. The maximum atomic E-state index is 8.57. The molecule has 1 N–H and O–H groups in total. The molecule has 1 aliphatic rings. The lowest BCUT2D eigenvalue weighted by Gasteiger charge is -1.90. The van der Waals surface area contributed by atoms with E-state index in [0.717, 1.165) is 5.75 Å². The number of hydrogen-bond acceptors (Lipinski definition) is 9. The molecule has 72 valence electrons. The van der Waals surface area contributed by atoms with E-state index in [1.807, 2.05) is 50.1 Å². The Balaban J connectivity index is 0.000000354. The highest BCUT2D eigenvalue weighted by atomic mass is 33.9. The summed E-state index contributed by atoms with van der Waals surface area (Å²) in [7, 11) is 11.0. The zero-order chi connectivity index (χ0) is 9.07. The fraction of sp³-hybridized carbons (Fsp3) is 0.333. The fourth-order valence-corrected chi connectivity index (χ4v) is 10.8. The van der Waals surface area contributed by atoms with Crippen molar-refractivity contribution in [3.63, 3.8) is 0 Å². The van der Waals surface area contributed by atoms with Crippen LogP contribution in [0.4, 0.5) is 0 Å². The quantitative estimate of drug-likeness (QED) is 0.403. The molecule has 9 heteroatoms. The van der Waals surface area contributed by atoms with Crippen LogP contribution in [-0.2, 0) is 15.7 Å². The summed E-state index contributed by atoms with van der Waals surface area (Å²) in [6.07, 6.45) is 2.20. The van der Waals surface area contributed by atoms with E-state index in [-0.39, 0.29) is 0 Å². The molecule has 0 radical (unpaired) electrons. The normalized spacial score (nSPS) is 18.0. The average molecular weight is 297 g/mol. The molecule has 1 rings (SSSR count). The molecule has 0 aromatic rings.